The summed E-state index contributed by atoms with van der Waals surface area (Å²) in [5.74, 6) is -0.0614. The lowest BCUT2D eigenvalue weighted by Crippen LogP contribution is -2.38. The van der Waals surface area contributed by atoms with Gasteiger partial charge in [0.05, 0.1) is 0 Å². The topological polar surface area (TPSA) is 58.4 Å². The number of nitrogens with two attached hydrogens (primary N) is 1. The number of nitrogen functional groups attached to an aromatic ring is 1. The summed E-state index contributed by atoms with van der Waals surface area (Å²) in [6.07, 6.45) is 0. The number of nitrogens with one attached hydrogen (secondary N) is 1. The van der Waals surface area contributed by atoms with Crippen molar-refractivity contribution in [3.05, 3.63) is 29.8 Å². The van der Waals surface area contributed by atoms with Gasteiger partial charge in [0, 0.05) is 23.8 Å². The van der Waals surface area contributed by atoms with Gasteiger partial charge in [-0.2, -0.15) is 0 Å². The van der Waals surface area contributed by atoms with Crippen molar-refractivity contribution >= 4 is 11.6 Å². The predicted octanol–water partition coefficient (Wildman–Crippen LogP) is 0.949. The van der Waals surface area contributed by atoms with Crippen molar-refractivity contribution in [3.63, 3.8) is 0 Å². The highest BCUT2D eigenvalue weighted by atomic mass is 16.1. The van der Waals surface area contributed by atoms with Crippen molar-refractivity contribution in [2.45, 2.75) is 13.0 Å². The Bertz CT molecular complexity index is 346. The second-order valence-corrected chi connectivity index (χ2v) is 4.14. The van der Waals surface area contributed by atoms with E-state index in [4.69, 9.17) is 5.73 Å². The van der Waals surface area contributed by atoms with Gasteiger partial charge in [0.25, 0.3) is 5.91 Å². The van der Waals surface area contributed by atoms with Gasteiger partial charge in [0.15, 0.2) is 0 Å². The van der Waals surface area contributed by atoms with Crippen LogP contribution in [-0.4, -0.2) is 37.5 Å². The van der Waals surface area contributed by atoms with Crippen molar-refractivity contribution < 1.29 is 4.79 Å². The Morgan fingerprint density at radius 2 is 1.94 bits per heavy atom. The number of benzene rings is 1. The number of hydrogen-bond acceptors (Lipinski definition) is 3. The Hall–Kier alpha value is -1.55. The fourth-order valence-electron chi connectivity index (χ4n) is 1.16. The van der Waals surface area contributed by atoms with Crippen LogP contribution < -0.4 is 11.1 Å². The maximum atomic E-state index is 11.7. The third-order valence-corrected chi connectivity index (χ3v) is 2.61. The van der Waals surface area contributed by atoms with Crippen LogP contribution in [0.15, 0.2) is 24.3 Å². The fourth-order valence-corrected chi connectivity index (χ4v) is 1.16. The summed E-state index contributed by atoms with van der Waals surface area (Å²) in [5, 5.41) is 2.88. The maximum absolute atomic E-state index is 11.7. The number of likely N-dealkylation sites (N-methyl/N-ethyl adjacent to an activating group) is 1. The van der Waals surface area contributed by atoms with Crippen LogP contribution in [0.1, 0.15) is 17.3 Å². The molecular formula is C12H19N3O. The minimum absolute atomic E-state index is 0.0614. The van der Waals surface area contributed by atoms with E-state index < -0.39 is 0 Å². The van der Waals surface area contributed by atoms with E-state index in [-0.39, 0.29) is 5.91 Å². The molecule has 0 aliphatic carbocycles. The number of hydrogen-bond donors (Lipinski definition) is 2. The van der Waals surface area contributed by atoms with E-state index in [1.54, 1.807) is 24.3 Å². The molecule has 0 bridgehead atoms. The Labute approximate surface area is 96.4 Å². The summed E-state index contributed by atoms with van der Waals surface area (Å²) in [6.45, 7) is 2.69. The normalized spacial score (nSPS) is 12.5. The lowest BCUT2D eigenvalue weighted by Gasteiger charge is -2.19. The molecule has 1 amide bonds. The van der Waals surface area contributed by atoms with Crippen LogP contribution in [0.25, 0.3) is 0 Å². The second-order valence-electron chi connectivity index (χ2n) is 4.14. The van der Waals surface area contributed by atoms with E-state index in [0.29, 0.717) is 23.8 Å². The number of anilines is 1. The third kappa shape index (κ3) is 3.55. The highest BCUT2D eigenvalue weighted by Gasteiger charge is 2.08. The summed E-state index contributed by atoms with van der Waals surface area (Å²) in [4.78, 5) is 13.8. The monoisotopic (exact) mass is 221 g/mol. The Balaban J connectivity index is 2.50. The van der Waals surface area contributed by atoms with Gasteiger partial charge in [-0.3, -0.25) is 4.79 Å². The zero-order chi connectivity index (χ0) is 12.1. The van der Waals surface area contributed by atoms with Crippen molar-refractivity contribution in [2.24, 2.45) is 0 Å². The molecule has 4 heteroatoms. The average Bonchev–Trinajstić information content (AvgIpc) is 2.26. The van der Waals surface area contributed by atoms with Crippen LogP contribution in [0.2, 0.25) is 0 Å². The van der Waals surface area contributed by atoms with Gasteiger partial charge in [-0.05, 0) is 45.3 Å². The van der Waals surface area contributed by atoms with E-state index in [9.17, 15) is 4.79 Å². The Morgan fingerprint density at radius 3 is 2.44 bits per heavy atom. The standard InChI is InChI=1S/C12H19N3O/c1-9(15(2)3)8-14-12(16)10-4-6-11(13)7-5-10/h4-7,9H,8,13H2,1-3H3,(H,14,16). The molecule has 0 aliphatic rings. The molecule has 1 rings (SSSR count). The molecule has 0 fully saturated rings. The molecule has 1 aromatic carbocycles. The third-order valence-electron chi connectivity index (χ3n) is 2.61. The van der Waals surface area contributed by atoms with E-state index >= 15 is 0 Å². The minimum Gasteiger partial charge on any atom is -0.399 e. The summed E-state index contributed by atoms with van der Waals surface area (Å²) < 4.78 is 0. The molecular weight excluding hydrogens is 202 g/mol. The number of carbonyl (C=O) groups excluding carboxylic acids is 1. The molecule has 1 aromatic rings. The molecule has 0 saturated heterocycles. The first-order chi connectivity index (χ1) is 7.50. The lowest BCUT2D eigenvalue weighted by atomic mass is 10.2. The van der Waals surface area contributed by atoms with Crippen molar-refractivity contribution in [2.75, 3.05) is 26.4 Å². The molecule has 0 saturated carbocycles. The first-order valence-electron chi connectivity index (χ1n) is 5.31. The number of amides is 1. The smallest absolute Gasteiger partial charge is 0.251 e. The quantitative estimate of drug-likeness (QED) is 0.744. The minimum atomic E-state index is -0.0614. The van der Waals surface area contributed by atoms with Crippen LogP contribution in [0.3, 0.4) is 0 Å². The molecule has 1 unspecified atom stereocenters. The SMILES string of the molecule is CC(CNC(=O)c1ccc(N)cc1)N(C)C. The van der Waals surface area contributed by atoms with Gasteiger partial charge < -0.3 is 16.0 Å². The Morgan fingerprint density at radius 1 is 1.38 bits per heavy atom. The molecule has 0 spiro atoms. The zero-order valence-corrected chi connectivity index (χ0v) is 10.0. The van der Waals surface area contributed by atoms with E-state index in [0.717, 1.165) is 0 Å². The first kappa shape index (κ1) is 12.5. The largest absolute Gasteiger partial charge is 0.399 e. The zero-order valence-electron chi connectivity index (χ0n) is 10.0. The van der Waals surface area contributed by atoms with Crippen LogP contribution in [0, 0.1) is 0 Å². The van der Waals surface area contributed by atoms with Gasteiger partial charge in [0.2, 0.25) is 0 Å². The Kier molecular flexibility index (Phi) is 4.31. The molecule has 0 aromatic heterocycles. The summed E-state index contributed by atoms with van der Waals surface area (Å²) >= 11 is 0. The molecule has 0 heterocycles. The van der Waals surface area contributed by atoms with E-state index in [2.05, 4.69) is 17.1 Å². The molecule has 16 heavy (non-hydrogen) atoms. The summed E-state index contributed by atoms with van der Waals surface area (Å²) in [7, 11) is 3.97. The van der Waals surface area contributed by atoms with Gasteiger partial charge in [-0.1, -0.05) is 0 Å². The van der Waals surface area contributed by atoms with Crippen molar-refractivity contribution in [1.29, 1.82) is 0 Å². The molecule has 3 N–H and O–H groups in total. The predicted molar refractivity (Wildman–Crippen MR) is 66.3 cm³/mol. The first-order valence-corrected chi connectivity index (χ1v) is 5.31. The highest BCUT2D eigenvalue weighted by molar-refractivity contribution is 5.94. The summed E-state index contributed by atoms with van der Waals surface area (Å²) in [5.41, 5.74) is 6.85. The van der Waals surface area contributed by atoms with Crippen molar-refractivity contribution in [1.82, 2.24) is 10.2 Å². The molecule has 0 aliphatic heterocycles. The molecule has 0 radical (unpaired) electrons. The molecule has 1 atom stereocenters. The number of nitrogens with zero attached hydrogens (tertiary/aromatic N) is 1. The van der Waals surface area contributed by atoms with Crippen LogP contribution in [-0.2, 0) is 0 Å². The van der Waals surface area contributed by atoms with Crippen LogP contribution >= 0.6 is 0 Å². The van der Waals surface area contributed by atoms with Gasteiger partial charge in [0.1, 0.15) is 0 Å². The van der Waals surface area contributed by atoms with Gasteiger partial charge >= 0.3 is 0 Å². The molecule has 88 valence electrons. The number of rotatable bonds is 4. The number of carbonyl (C=O) groups is 1. The van der Waals surface area contributed by atoms with Crippen LogP contribution in [0.5, 0.6) is 0 Å². The average molecular weight is 221 g/mol. The molecule has 4 nitrogen and oxygen atoms in total. The van der Waals surface area contributed by atoms with Crippen molar-refractivity contribution in [3.8, 4) is 0 Å². The van der Waals surface area contributed by atoms with E-state index in [1.165, 1.54) is 0 Å². The van der Waals surface area contributed by atoms with Crippen LogP contribution in [0.4, 0.5) is 5.69 Å². The van der Waals surface area contributed by atoms with E-state index in [1.807, 2.05) is 14.1 Å². The summed E-state index contributed by atoms with van der Waals surface area (Å²) in [6, 6.07) is 7.22. The highest BCUT2D eigenvalue weighted by Crippen LogP contribution is 2.05. The lowest BCUT2D eigenvalue weighted by molar-refractivity contribution is 0.0943. The fraction of sp³-hybridized carbons (Fsp3) is 0.417. The maximum Gasteiger partial charge on any atom is 0.251 e. The van der Waals surface area contributed by atoms with Gasteiger partial charge in [-0.15, -0.1) is 0 Å². The second kappa shape index (κ2) is 5.51. The van der Waals surface area contributed by atoms with Gasteiger partial charge in [-0.25, -0.2) is 0 Å².